The third kappa shape index (κ3) is 8.69. The molecule has 1 fully saturated rings. The average molecular weight is 655 g/mol. The minimum Gasteiger partial charge on any atom is -0.480 e. The second kappa shape index (κ2) is 15.7. The number of amides is 2. The lowest BCUT2D eigenvalue weighted by Gasteiger charge is -2.49. The van der Waals surface area contributed by atoms with Crippen LogP contribution in [-0.4, -0.2) is 101 Å². The normalized spacial score (nSPS) is 17.2. The molecule has 1 aromatic heterocycles. The van der Waals surface area contributed by atoms with Crippen molar-refractivity contribution in [1.82, 2.24) is 35.3 Å². The zero-order valence-corrected chi connectivity index (χ0v) is 26.3. The molecule has 45 heavy (non-hydrogen) atoms. The molecule has 1 unspecified atom stereocenters. The van der Waals surface area contributed by atoms with Crippen molar-refractivity contribution in [3.63, 3.8) is 0 Å². The van der Waals surface area contributed by atoms with Gasteiger partial charge in [0.2, 0.25) is 11.1 Å². The fraction of sp³-hybridized carbons (Fsp3) is 0.345. The monoisotopic (exact) mass is 654 g/mol. The Labute approximate surface area is 268 Å². The highest BCUT2D eigenvalue weighted by atomic mass is 32.2. The Morgan fingerprint density at radius 2 is 1.78 bits per heavy atom. The number of tetrazole rings is 1. The van der Waals surface area contributed by atoms with Gasteiger partial charge in [0, 0.05) is 24.6 Å². The predicted octanol–water partition coefficient (Wildman–Crippen LogP) is 1.04. The number of nitrogens with one attached hydrogen (secondary N) is 1. The minimum atomic E-state index is -1.26. The zero-order chi connectivity index (χ0) is 32.5. The highest BCUT2D eigenvalue weighted by Crippen LogP contribution is 2.41. The van der Waals surface area contributed by atoms with Crippen LogP contribution in [0.2, 0.25) is 0 Å². The van der Waals surface area contributed by atoms with E-state index in [1.807, 2.05) is 18.2 Å². The van der Waals surface area contributed by atoms with E-state index in [9.17, 15) is 24.3 Å². The summed E-state index contributed by atoms with van der Waals surface area (Å²) in [5.41, 5.74) is 9.03. The fourth-order valence-corrected chi connectivity index (χ4v) is 7.11. The van der Waals surface area contributed by atoms with Crippen LogP contribution in [0.15, 0.2) is 71.0 Å². The van der Waals surface area contributed by atoms with Gasteiger partial charge in [-0.2, -0.15) is 0 Å². The first-order valence-corrected chi connectivity index (χ1v) is 15.9. The Hall–Kier alpha value is -4.25. The summed E-state index contributed by atoms with van der Waals surface area (Å²) in [6, 6.07) is 16.9. The van der Waals surface area contributed by atoms with Crippen LogP contribution in [-0.2, 0) is 45.2 Å². The smallest absolute Gasteiger partial charge is 0.352 e. The number of nitrogens with zero attached hydrogens (tertiary/aromatic N) is 6. The molecule has 238 valence electrons. The molecule has 2 atom stereocenters. The van der Waals surface area contributed by atoms with Crippen molar-refractivity contribution in [3.8, 4) is 0 Å². The molecule has 5 N–H and O–H groups in total. The summed E-state index contributed by atoms with van der Waals surface area (Å²) >= 11 is 2.42. The van der Waals surface area contributed by atoms with E-state index < -0.39 is 35.8 Å². The van der Waals surface area contributed by atoms with E-state index in [2.05, 4.69) is 64.1 Å². The molecular formula is C29H34N8O6S2. The van der Waals surface area contributed by atoms with Crippen LogP contribution in [0.4, 0.5) is 0 Å². The van der Waals surface area contributed by atoms with Gasteiger partial charge >= 0.3 is 11.9 Å². The number of benzene rings is 2. The van der Waals surface area contributed by atoms with E-state index in [4.69, 9.17) is 10.8 Å². The van der Waals surface area contributed by atoms with Gasteiger partial charge in [0.15, 0.2) is 0 Å². The number of fused-ring (bicyclic) bond motifs is 1. The molecule has 2 aliphatic heterocycles. The van der Waals surface area contributed by atoms with Gasteiger partial charge in [-0.25, -0.2) is 9.48 Å². The molecule has 0 saturated carbocycles. The Morgan fingerprint density at radius 3 is 2.42 bits per heavy atom. The molecule has 3 heterocycles. The van der Waals surface area contributed by atoms with Crippen molar-refractivity contribution >= 4 is 47.3 Å². The summed E-state index contributed by atoms with van der Waals surface area (Å²) in [4.78, 5) is 51.8. The molecule has 3 aromatic rings. The third-order valence-electron chi connectivity index (χ3n) is 6.76. The lowest BCUT2D eigenvalue weighted by molar-refractivity contribution is -0.150. The summed E-state index contributed by atoms with van der Waals surface area (Å²) < 4.78 is 1.09. The number of rotatable bonds is 12. The lowest BCUT2D eigenvalue weighted by atomic mass is 10.0. The van der Waals surface area contributed by atoms with Crippen molar-refractivity contribution in [1.29, 1.82) is 0 Å². The van der Waals surface area contributed by atoms with Crippen molar-refractivity contribution in [3.05, 3.63) is 82.6 Å². The molecular weight excluding hydrogens is 621 g/mol. The van der Waals surface area contributed by atoms with E-state index in [1.54, 1.807) is 12.1 Å². The van der Waals surface area contributed by atoms with E-state index in [0.717, 1.165) is 34.1 Å². The number of hydrogen-bond acceptors (Lipinski definition) is 11. The molecule has 2 amide bonds. The number of β-lactam (4-membered cyclic amide) rings is 1. The largest absolute Gasteiger partial charge is 0.480 e. The van der Waals surface area contributed by atoms with Crippen molar-refractivity contribution < 1.29 is 29.4 Å². The number of carboxylic acids is 2. The maximum atomic E-state index is 12.8. The van der Waals surface area contributed by atoms with E-state index >= 15 is 0 Å². The Bertz CT molecular complexity index is 1560. The first-order chi connectivity index (χ1) is 21.6. The molecule has 5 rings (SSSR count). The highest BCUT2D eigenvalue weighted by Gasteiger charge is 2.54. The van der Waals surface area contributed by atoms with Gasteiger partial charge in [0.05, 0.1) is 6.42 Å². The van der Waals surface area contributed by atoms with Gasteiger partial charge in [-0.1, -0.05) is 66.4 Å². The second-order valence-corrected chi connectivity index (χ2v) is 12.4. The third-order valence-corrected chi connectivity index (χ3v) is 9.14. The topological polar surface area (TPSA) is 197 Å². The molecule has 0 bridgehead atoms. The van der Waals surface area contributed by atoms with Crippen LogP contribution in [0.25, 0.3) is 0 Å². The molecule has 0 spiro atoms. The first kappa shape index (κ1) is 33.6. The second-order valence-electron chi connectivity index (χ2n) is 10.4. The maximum Gasteiger partial charge on any atom is 0.352 e. The number of nitrogens with two attached hydrogens (primary N) is 1. The van der Waals surface area contributed by atoms with Crippen LogP contribution in [0.3, 0.4) is 0 Å². The van der Waals surface area contributed by atoms with Gasteiger partial charge in [0.25, 0.3) is 5.91 Å². The summed E-state index contributed by atoms with van der Waals surface area (Å²) in [6.45, 7) is 0.883. The van der Waals surface area contributed by atoms with Crippen LogP contribution in [0.5, 0.6) is 0 Å². The summed E-state index contributed by atoms with van der Waals surface area (Å²) in [6.07, 6.45) is 0.0586. The first-order valence-electron chi connectivity index (χ1n) is 13.8. The Balaban J connectivity index is 0.000000392. The number of carbonyl (C=O) groups excluding carboxylic acids is 2. The predicted molar refractivity (Wildman–Crippen MR) is 168 cm³/mol. The van der Waals surface area contributed by atoms with Crippen molar-refractivity contribution in [2.45, 2.75) is 42.6 Å². The van der Waals surface area contributed by atoms with Gasteiger partial charge < -0.3 is 26.2 Å². The molecule has 1 saturated heterocycles. The minimum absolute atomic E-state index is 0.0586. The Morgan fingerprint density at radius 1 is 1.09 bits per heavy atom. The fourth-order valence-electron chi connectivity index (χ4n) is 4.75. The van der Waals surface area contributed by atoms with Gasteiger partial charge in [-0.15, -0.1) is 16.9 Å². The van der Waals surface area contributed by atoms with Crippen LogP contribution >= 0.6 is 23.5 Å². The molecule has 2 aliphatic rings. The lowest BCUT2D eigenvalue weighted by Crippen LogP contribution is -2.70. The van der Waals surface area contributed by atoms with Crippen molar-refractivity contribution in [2.75, 3.05) is 25.6 Å². The summed E-state index contributed by atoms with van der Waals surface area (Å²) in [5, 5.41) is 32.0. The molecule has 14 nitrogen and oxygen atoms in total. The Kier molecular flexibility index (Phi) is 11.7. The average Bonchev–Trinajstić information content (AvgIpc) is 3.45. The maximum absolute atomic E-state index is 12.8. The number of aromatic nitrogens is 4. The molecule has 0 aliphatic carbocycles. The number of carboxylic acid groups (broad SMARTS) is 2. The quantitative estimate of drug-likeness (QED) is 0.160. The molecule has 2 aromatic carbocycles. The van der Waals surface area contributed by atoms with Crippen LogP contribution in [0, 0.1) is 0 Å². The van der Waals surface area contributed by atoms with Crippen LogP contribution < -0.4 is 11.1 Å². The van der Waals surface area contributed by atoms with Gasteiger partial charge in [-0.05, 0) is 46.8 Å². The number of aliphatic carboxylic acids is 2. The van der Waals surface area contributed by atoms with Gasteiger partial charge in [-0.3, -0.25) is 19.3 Å². The summed E-state index contributed by atoms with van der Waals surface area (Å²) in [7, 11) is 4.15. The SMILES string of the molecule is CN(C)Cc1ccccc1.NCc1ccccc1CC(=O)NC1C(=O)N2C(C(=O)O)=C(CSc3nnnn3CC(=O)O)CS[C@@H]12. The molecule has 16 heteroatoms. The highest BCUT2D eigenvalue weighted by molar-refractivity contribution is 8.01. The number of thioether (sulfide) groups is 2. The number of carbonyl (C=O) groups is 4. The van der Waals surface area contributed by atoms with E-state index in [0.29, 0.717) is 11.3 Å². The molecule has 0 radical (unpaired) electrons. The van der Waals surface area contributed by atoms with Crippen molar-refractivity contribution in [2.24, 2.45) is 5.73 Å². The van der Waals surface area contributed by atoms with E-state index in [1.165, 1.54) is 22.2 Å². The van der Waals surface area contributed by atoms with E-state index in [-0.39, 0.29) is 35.5 Å². The van der Waals surface area contributed by atoms with Gasteiger partial charge in [0.1, 0.15) is 23.7 Å². The summed E-state index contributed by atoms with van der Waals surface area (Å²) in [5.74, 6) is -2.77. The zero-order valence-electron chi connectivity index (χ0n) is 24.7. The van der Waals surface area contributed by atoms with Crippen LogP contribution in [0.1, 0.15) is 16.7 Å². The number of hydrogen-bond donors (Lipinski definition) is 4. The standard InChI is InChI=1S/C20H21N7O6S2.C9H13N/c21-6-11-4-2-1-3-10(11)5-13(28)22-15-17(31)27-16(19(32)33)12(8-34-18(15)27)9-35-20-23-24-25-26(20)7-14(29)30;1-10(2)8-9-6-4-3-5-7-9/h1-4,15,18H,5-9,21H2,(H,22,28)(H,29,30)(H,32,33);3-7H,8H2,1-2H3/t15?,18-;/m0./s1.